The van der Waals surface area contributed by atoms with Gasteiger partial charge in [-0.25, -0.2) is 4.90 Å². The number of aryl methyl sites for hydroxylation is 1. The van der Waals surface area contributed by atoms with E-state index in [-0.39, 0.29) is 35.5 Å². The van der Waals surface area contributed by atoms with Crippen molar-refractivity contribution in [3.8, 4) is 0 Å². The van der Waals surface area contributed by atoms with Crippen molar-refractivity contribution < 1.29 is 9.59 Å². The Hall–Kier alpha value is -3.20. The van der Waals surface area contributed by atoms with Crippen LogP contribution in [0.5, 0.6) is 0 Å². The molecule has 3 aromatic rings. The van der Waals surface area contributed by atoms with Crippen LogP contribution in [0.1, 0.15) is 39.7 Å². The largest absolute Gasteiger partial charge is 0.274 e. The zero-order chi connectivity index (χ0) is 19.0. The van der Waals surface area contributed by atoms with E-state index in [0.717, 1.165) is 5.56 Å². The van der Waals surface area contributed by atoms with Crippen LogP contribution < -0.4 is 4.90 Å². The van der Waals surface area contributed by atoms with Crippen LogP contribution >= 0.6 is 0 Å². The number of nitrogens with zero attached hydrogens (tertiary/aromatic N) is 1. The molecule has 0 aromatic heterocycles. The molecule has 2 amide bonds. The average Bonchev–Trinajstić information content (AvgIpc) is 2.99. The van der Waals surface area contributed by atoms with E-state index in [2.05, 4.69) is 24.3 Å². The maximum absolute atomic E-state index is 13.6. The van der Waals surface area contributed by atoms with Gasteiger partial charge in [0, 0.05) is 11.8 Å². The highest BCUT2D eigenvalue weighted by molar-refractivity contribution is 6.23. The molecular weight excluding hydrogens is 346 g/mol. The van der Waals surface area contributed by atoms with Crippen LogP contribution in [-0.2, 0) is 9.59 Å². The third kappa shape index (κ3) is 1.84. The Balaban J connectivity index is 1.58. The van der Waals surface area contributed by atoms with Gasteiger partial charge in [0.15, 0.2) is 0 Å². The van der Waals surface area contributed by atoms with E-state index in [9.17, 15) is 9.59 Å². The van der Waals surface area contributed by atoms with E-state index in [0.29, 0.717) is 5.69 Å². The van der Waals surface area contributed by atoms with E-state index >= 15 is 0 Å². The fourth-order valence-electron chi connectivity index (χ4n) is 5.70. The molecule has 1 saturated heterocycles. The molecule has 3 heteroatoms. The van der Waals surface area contributed by atoms with Gasteiger partial charge in [-0.15, -0.1) is 0 Å². The van der Waals surface area contributed by atoms with Gasteiger partial charge in [0.1, 0.15) is 0 Å². The standard InChI is InChI=1S/C25H19NO2/c1-14-7-6-8-15(13-14)26-24(27)22-20-16-9-2-3-10-17(16)21(23(22)25(26)28)19-12-5-4-11-18(19)20/h2-13,20-23H,1H3/t20?,21?,22-,23?/m1/s1. The lowest BCUT2D eigenvalue weighted by Gasteiger charge is -2.45. The molecule has 0 spiro atoms. The van der Waals surface area contributed by atoms with Crippen molar-refractivity contribution in [2.75, 3.05) is 4.90 Å². The molecule has 3 nitrogen and oxygen atoms in total. The van der Waals surface area contributed by atoms with Crippen molar-refractivity contribution in [2.45, 2.75) is 18.8 Å². The van der Waals surface area contributed by atoms with Crippen LogP contribution in [0.2, 0.25) is 0 Å². The zero-order valence-electron chi connectivity index (χ0n) is 15.5. The maximum atomic E-state index is 13.6. The SMILES string of the molecule is Cc1cccc(N2C(=O)C3C4c5ccccc5C(c5ccccc54)[C@H]3C2=O)c1. The molecule has 2 atom stereocenters. The van der Waals surface area contributed by atoms with Crippen molar-refractivity contribution in [3.05, 3.63) is 101 Å². The summed E-state index contributed by atoms with van der Waals surface area (Å²) >= 11 is 0. The summed E-state index contributed by atoms with van der Waals surface area (Å²) in [4.78, 5) is 28.6. The number of rotatable bonds is 1. The van der Waals surface area contributed by atoms with E-state index < -0.39 is 0 Å². The molecule has 1 unspecified atom stereocenters. The van der Waals surface area contributed by atoms with Gasteiger partial charge in [-0.05, 0) is 46.9 Å². The lowest BCUT2D eigenvalue weighted by molar-refractivity contribution is -0.122. The lowest BCUT2D eigenvalue weighted by Crippen LogP contribution is -2.41. The minimum absolute atomic E-state index is 0.0475. The van der Waals surface area contributed by atoms with Crippen molar-refractivity contribution in [1.29, 1.82) is 0 Å². The van der Waals surface area contributed by atoms with E-state index in [1.165, 1.54) is 27.2 Å². The molecule has 1 heterocycles. The Bertz CT molecular complexity index is 1050. The van der Waals surface area contributed by atoms with Gasteiger partial charge < -0.3 is 0 Å². The molecule has 0 radical (unpaired) electrons. The van der Waals surface area contributed by atoms with Crippen molar-refractivity contribution in [2.24, 2.45) is 11.8 Å². The van der Waals surface area contributed by atoms with E-state index in [1.54, 1.807) is 0 Å². The van der Waals surface area contributed by atoms with E-state index in [4.69, 9.17) is 0 Å². The smallest absolute Gasteiger partial charge is 0.238 e. The van der Waals surface area contributed by atoms with Gasteiger partial charge in [-0.1, -0.05) is 60.7 Å². The highest BCUT2D eigenvalue weighted by atomic mass is 16.2. The normalized spacial score (nSPS) is 26.8. The topological polar surface area (TPSA) is 37.4 Å². The Morgan fingerprint density at radius 3 is 1.54 bits per heavy atom. The monoisotopic (exact) mass is 365 g/mol. The molecule has 28 heavy (non-hydrogen) atoms. The fourth-order valence-corrected chi connectivity index (χ4v) is 5.70. The van der Waals surface area contributed by atoms with Crippen molar-refractivity contribution in [3.63, 3.8) is 0 Å². The summed E-state index contributed by atoms with van der Waals surface area (Å²) in [6.45, 7) is 1.98. The Kier molecular flexibility index (Phi) is 3.06. The second kappa shape index (κ2) is 5.41. The molecule has 0 N–H and O–H groups in total. The number of amides is 2. The molecule has 2 bridgehead atoms. The number of hydrogen-bond donors (Lipinski definition) is 0. The molecule has 4 aliphatic rings. The van der Waals surface area contributed by atoms with Crippen molar-refractivity contribution in [1.82, 2.24) is 0 Å². The van der Waals surface area contributed by atoms with Crippen LogP contribution in [0.4, 0.5) is 5.69 Å². The van der Waals surface area contributed by atoms with Crippen LogP contribution in [0.3, 0.4) is 0 Å². The van der Waals surface area contributed by atoms with Crippen LogP contribution in [0, 0.1) is 18.8 Å². The first-order chi connectivity index (χ1) is 13.7. The van der Waals surface area contributed by atoms with Gasteiger partial charge in [-0.2, -0.15) is 0 Å². The fraction of sp³-hybridized carbons (Fsp3) is 0.200. The molecule has 7 rings (SSSR count). The third-order valence-corrected chi connectivity index (χ3v) is 6.71. The highest BCUT2D eigenvalue weighted by Crippen LogP contribution is 2.61. The summed E-state index contributed by atoms with van der Waals surface area (Å²) < 4.78 is 0. The second-order valence-corrected chi connectivity index (χ2v) is 8.12. The highest BCUT2D eigenvalue weighted by Gasteiger charge is 2.61. The summed E-state index contributed by atoms with van der Waals surface area (Å²) in [6.07, 6.45) is 0. The minimum Gasteiger partial charge on any atom is -0.274 e. The summed E-state index contributed by atoms with van der Waals surface area (Å²) in [5.74, 6) is -0.841. The van der Waals surface area contributed by atoms with Crippen LogP contribution in [0.15, 0.2) is 72.8 Å². The molecule has 1 aliphatic heterocycles. The first-order valence-corrected chi connectivity index (χ1v) is 9.79. The lowest BCUT2D eigenvalue weighted by atomic mass is 9.55. The minimum atomic E-state index is -0.317. The molecule has 136 valence electrons. The van der Waals surface area contributed by atoms with Gasteiger partial charge in [-0.3, -0.25) is 9.59 Å². The Labute approximate surface area is 163 Å². The van der Waals surface area contributed by atoms with Crippen LogP contribution in [-0.4, -0.2) is 11.8 Å². The van der Waals surface area contributed by atoms with Crippen LogP contribution in [0.25, 0.3) is 0 Å². The van der Waals surface area contributed by atoms with Gasteiger partial charge in [0.2, 0.25) is 11.8 Å². The Morgan fingerprint density at radius 2 is 1.11 bits per heavy atom. The summed E-state index contributed by atoms with van der Waals surface area (Å²) in [7, 11) is 0. The first kappa shape index (κ1) is 15.8. The first-order valence-electron chi connectivity index (χ1n) is 9.79. The maximum Gasteiger partial charge on any atom is 0.238 e. The zero-order valence-corrected chi connectivity index (χ0v) is 15.5. The Morgan fingerprint density at radius 1 is 0.643 bits per heavy atom. The van der Waals surface area contributed by atoms with Gasteiger partial charge in [0.25, 0.3) is 0 Å². The molecule has 3 aliphatic carbocycles. The van der Waals surface area contributed by atoms with Crippen molar-refractivity contribution >= 4 is 17.5 Å². The molecule has 1 fully saturated rings. The third-order valence-electron chi connectivity index (χ3n) is 6.71. The number of imide groups is 1. The number of benzene rings is 3. The second-order valence-electron chi connectivity index (χ2n) is 8.12. The number of anilines is 1. The number of hydrogen-bond acceptors (Lipinski definition) is 2. The van der Waals surface area contributed by atoms with Gasteiger partial charge >= 0.3 is 0 Å². The molecular formula is C25H19NO2. The van der Waals surface area contributed by atoms with Gasteiger partial charge in [0.05, 0.1) is 17.5 Å². The predicted molar refractivity (Wildman–Crippen MR) is 107 cm³/mol. The molecule has 0 saturated carbocycles. The van der Waals surface area contributed by atoms with E-state index in [1.807, 2.05) is 55.5 Å². The number of carbonyl (C=O) groups excluding carboxylic acids is 2. The summed E-state index contributed by atoms with van der Waals surface area (Å²) in [5.41, 5.74) is 6.57. The quantitative estimate of drug-likeness (QED) is 0.600. The summed E-state index contributed by atoms with van der Waals surface area (Å²) in [5, 5.41) is 0. The number of carbonyl (C=O) groups is 2. The average molecular weight is 365 g/mol. The molecule has 3 aromatic carbocycles. The predicted octanol–water partition coefficient (Wildman–Crippen LogP) is 4.39. The summed E-state index contributed by atoms with van der Waals surface area (Å²) in [6, 6.07) is 24.4.